The first-order valence-electron chi connectivity index (χ1n) is 15.4. The molecule has 3 aromatic carbocycles. The fourth-order valence-electron chi connectivity index (χ4n) is 6.48. The van der Waals surface area contributed by atoms with Gasteiger partial charge in [0.25, 0.3) is 0 Å². The van der Waals surface area contributed by atoms with Crippen molar-refractivity contribution < 1.29 is 4.74 Å². The van der Waals surface area contributed by atoms with Gasteiger partial charge in [0.05, 0.1) is 12.3 Å². The maximum absolute atomic E-state index is 5.65. The van der Waals surface area contributed by atoms with Crippen LogP contribution in [0.4, 0.5) is 11.6 Å². The van der Waals surface area contributed by atoms with E-state index in [0.29, 0.717) is 0 Å². The summed E-state index contributed by atoms with van der Waals surface area (Å²) < 4.78 is 5.65. The summed E-state index contributed by atoms with van der Waals surface area (Å²) in [6, 6.07) is 24.2. The molecule has 2 N–H and O–H groups in total. The van der Waals surface area contributed by atoms with Crippen LogP contribution >= 0.6 is 0 Å². The number of nitrogens with zero attached hydrogens (tertiary/aromatic N) is 4. The Kier molecular flexibility index (Phi) is 7.77. The Bertz CT molecular complexity index is 1530. The van der Waals surface area contributed by atoms with E-state index in [2.05, 4.69) is 94.2 Å². The van der Waals surface area contributed by atoms with Gasteiger partial charge in [-0.2, -0.15) is 0 Å². The highest BCUT2D eigenvalue weighted by Gasteiger charge is 2.27. The summed E-state index contributed by atoms with van der Waals surface area (Å²) in [5.41, 5.74) is 9.88. The molecule has 1 aliphatic carbocycles. The topological polar surface area (TPSA) is 65.5 Å². The molecular weight excluding hydrogens is 520 g/mol. The van der Waals surface area contributed by atoms with Gasteiger partial charge in [-0.3, -0.25) is 0 Å². The molecule has 216 valence electrons. The molecule has 1 unspecified atom stereocenters. The van der Waals surface area contributed by atoms with Crippen LogP contribution in [0.25, 0.3) is 11.3 Å². The normalized spacial score (nSPS) is 18.1. The number of fused-ring (bicyclic) bond motifs is 4. The molecule has 7 heteroatoms. The van der Waals surface area contributed by atoms with Gasteiger partial charge >= 0.3 is 0 Å². The number of nitrogens with one attached hydrogen (secondary N) is 2. The summed E-state index contributed by atoms with van der Waals surface area (Å²) in [6.45, 7) is 8.25. The zero-order valence-corrected chi connectivity index (χ0v) is 24.5. The Morgan fingerprint density at radius 2 is 1.79 bits per heavy atom. The van der Waals surface area contributed by atoms with Crippen molar-refractivity contribution in [3.63, 3.8) is 0 Å². The lowest BCUT2D eigenvalue weighted by Gasteiger charge is -2.32. The van der Waals surface area contributed by atoms with Crippen molar-refractivity contribution in [3.05, 3.63) is 101 Å². The highest BCUT2D eigenvalue weighted by Crippen LogP contribution is 2.42. The Morgan fingerprint density at radius 1 is 0.929 bits per heavy atom. The Hall–Kier alpha value is -3.94. The van der Waals surface area contributed by atoms with Crippen molar-refractivity contribution in [1.29, 1.82) is 0 Å². The summed E-state index contributed by atoms with van der Waals surface area (Å²) in [6.07, 6.45) is 5.03. The monoisotopic (exact) mass is 560 g/mol. The lowest BCUT2D eigenvalue weighted by molar-refractivity contribution is 0.154. The summed E-state index contributed by atoms with van der Waals surface area (Å²) in [7, 11) is 2.20. The fraction of sp³-hybridized carbons (Fsp3) is 0.371. The van der Waals surface area contributed by atoms with Crippen LogP contribution in [0.5, 0.6) is 5.75 Å². The number of aromatic nitrogens is 2. The second kappa shape index (κ2) is 12.1. The number of piperazine rings is 1. The van der Waals surface area contributed by atoms with Gasteiger partial charge in [-0.15, -0.1) is 0 Å². The molecule has 2 aliphatic heterocycles. The first kappa shape index (κ1) is 26.9. The first-order valence-corrected chi connectivity index (χ1v) is 15.4. The largest absolute Gasteiger partial charge is 0.493 e. The van der Waals surface area contributed by atoms with Gasteiger partial charge in [-0.25, -0.2) is 9.97 Å². The number of rotatable bonds is 9. The second-order valence-corrected chi connectivity index (χ2v) is 11.9. The van der Waals surface area contributed by atoms with Crippen LogP contribution in [0.1, 0.15) is 40.2 Å². The molecule has 42 heavy (non-hydrogen) atoms. The molecule has 3 heterocycles. The summed E-state index contributed by atoms with van der Waals surface area (Å²) >= 11 is 0. The fourth-order valence-corrected chi connectivity index (χ4v) is 6.48. The highest BCUT2D eigenvalue weighted by molar-refractivity contribution is 5.72. The van der Waals surface area contributed by atoms with Crippen molar-refractivity contribution in [3.8, 4) is 17.0 Å². The van der Waals surface area contributed by atoms with Gasteiger partial charge in [-0.05, 0) is 72.5 Å². The smallest absolute Gasteiger partial charge is 0.223 e. The number of likely N-dealkylation sites (N-methyl/N-ethyl adjacent to an activating group) is 1. The van der Waals surface area contributed by atoms with E-state index < -0.39 is 0 Å². The maximum atomic E-state index is 5.65. The standard InChI is InChI=1S/C35H40N6O/c1-40-16-18-41(19-17-40)15-4-14-36-35-38-24-28-22-32(30-5-2-3-6-31(30)34(28)39-35)26-8-10-29(11-9-26)37-23-25-7-12-33-27(21-25)13-20-42-33/h2-3,5-12,21,24,32,37H,4,13-20,22-23H2,1H3,(H,36,38,39). The summed E-state index contributed by atoms with van der Waals surface area (Å²) in [4.78, 5) is 14.7. The van der Waals surface area contributed by atoms with E-state index in [1.54, 1.807) is 0 Å². The van der Waals surface area contributed by atoms with Gasteiger partial charge in [0.1, 0.15) is 5.75 Å². The lowest BCUT2D eigenvalue weighted by atomic mass is 9.78. The van der Waals surface area contributed by atoms with E-state index in [-0.39, 0.29) is 5.92 Å². The van der Waals surface area contributed by atoms with Crippen LogP contribution in [0.15, 0.2) is 72.9 Å². The van der Waals surface area contributed by atoms with Gasteiger partial charge in [-0.1, -0.05) is 48.5 Å². The van der Waals surface area contributed by atoms with Crippen LogP contribution < -0.4 is 15.4 Å². The molecule has 0 amide bonds. The number of anilines is 2. The van der Waals surface area contributed by atoms with E-state index in [1.165, 1.54) is 33.4 Å². The van der Waals surface area contributed by atoms with Gasteiger partial charge in [0, 0.05) is 69.1 Å². The SMILES string of the molecule is CN1CCN(CCCNc2ncc3c(n2)-c2ccccc2C(c2ccc(NCc4ccc5c(c4)CCO5)cc2)C3)CC1. The molecule has 4 aromatic rings. The average Bonchev–Trinajstić information content (AvgIpc) is 3.51. The minimum absolute atomic E-state index is 0.283. The summed E-state index contributed by atoms with van der Waals surface area (Å²) in [5, 5.41) is 7.08. The van der Waals surface area contributed by atoms with E-state index in [9.17, 15) is 0 Å². The molecule has 0 saturated carbocycles. The van der Waals surface area contributed by atoms with Crippen LogP contribution in [0.3, 0.4) is 0 Å². The molecule has 0 spiro atoms. The maximum Gasteiger partial charge on any atom is 0.223 e. The molecule has 7 rings (SSSR count). The minimum atomic E-state index is 0.283. The Morgan fingerprint density at radius 3 is 2.67 bits per heavy atom. The molecule has 1 saturated heterocycles. The molecule has 1 aromatic heterocycles. The third-order valence-corrected chi connectivity index (χ3v) is 8.97. The Labute approximate surface area is 249 Å². The predicted molar refractivity (Wildman–Crippen MR) is 169 cm³/mol. The number of ether oxygens (including phenoxy) is 1. The van der Waals surface area contributed by atoms with Gasteiger partial charge < -0.3 is 25.2 Å². The first-order chi connectivity index (χ1) is 20.7. The van der Waals surface area contributed by atoms with E-state index in [4.69, 9.17) is 14.7 Å². The van der Waals surface area contributed by atoms with Gasteiger partial charge in [0.2, 0.25) is 5.95 Å². The molecule has 3 aliphatic rings. The van der Waals surface area contributed by atoms with Crippen LogP contribution in [-0.4, -0.2) is 72.7 Å². The number of hydrogen-bond acceptors (Lipinski definition) is 7. The van der Waals surface area contributed by atoms with Crippen molar-refractivity contribution in [2.45, 2.75) is 31.7 Å². The van der Waals surface area contributed by atoms with Crippen LogP contribution in [-0.2, 0) is 19.4 Å². The van der Waals surface area contributed by atoms with E-state index in [0.717, 1.165) is 94.8 Å². The van der Waals surface area contributed by atoms with Crippen LogP contribution in [0, 0.1) is 0 Å². The average molecular weight is 561 g/mol. The second-order valence-electron chi connectivity index (χ2n) is 11.9. The molecular formula is C35H40N6O. The number of benzene rings is 3. The van der Waals surface area contributed by atoms with Crippen molar-refractivity contribution in [2.24, 2.45) is 0 Å². The molecule has 1 atom stereocenters. The van der Waals surface area contributed by atoms with Crippen LogP contribution in [0.2, 0.25) is 0 Å². The van der Waals surface area contributed by atoms with E-state index in [1.807, 2.05) is 6.20 Å². The lowest BCUT2D eigenvalue weighted by Crippen LogP contribution is -2.44. The zero-order valence-electron chi connectivity index (χ0n) is 24.5. The molecule has 0 radical (unpaired) electrons. The third kappa shape index (κ3) is 5.85. The highest BCUT2D eigenvalue weighted by atomic mass is 16.5. The zero-order chi connectivity index (χ0) is 28.3. The molecule has 7 nitrogen and oxygen atoms in total. The molecule has 1 fully saturated rings. The quantitative estimate of drug-likeness (QED) is 0.265. The Balaban J connectivity index is 0.998. The van der Waals surface area contributed by atoms with Crippen molar-refractivity contribution >= 4 is 11.6 Å². The van der Waals surface area contributed by atoms with Gasteiger partial charge in [0.15, 0.2) is 0 Å². The predicted octanol–water partition coefficient (Wildman–Crippen LogP) is 5.43. The number of hydrogen-bond donors (Lipinski definition) is 2. The minimum Gasteiger partial charge on any atom is -0.493 e. The molecule has 0 bridgehead atoms. The van der Waals surface area contributed by atoms with Crippen molar-refractivity contribution in [2.75, 3.05) is 63.6 Å². The van der Waals surface area contributed by atoms with E-state index >= 15 is 0 Å². The van der Waals surface area contributed by atoms with Crippen molar-refractivity contribution in [1.82, 2.24) is 19.8 Å². The third-order valence-electron chi connectivity index (χ3n) is 8.97. The summed E-state index contributed by atoms with van der Waals surface area (Å²) in [5.74, 6) is 2.05.